The molecule has 0 radical (unpaired) electrons. The maximum absolute atomic E-state index is 12.7. The maximum Gasteiger partial charge on any atom is 0.417 e. The summed E-state index contributed by atoms with van der Waals surface area (Å²) in [7, 11) is 0. The summed E-state index contributed by atoms with van der Waals surface area (Å²) < 4.78 is 38.1. The van der Waals surface area contributed by atoms with E-state index in [4.69, 9.17) is 0 Å². The molecule has 1 aliphatic carbocycles. The fourth-order valence-electron chi connectivity index (χ4n) is 2.25. The molecule has 0 saturated heterocycles. The number of carbonyl (C=O) groups is 1. The Morgan fingerprint density at radius 1 is 1.26 bits per heavy atom. The first-order chi connectivity index (χ1) is 8.88. The molecule has 2 rings (SSSR count). The predicted octanol–water partition coefficient (Wildman–Crippen LogP) is 4.60. The molecule has 19 heavy (non-hydrogen) atoms. The highest BCUT2D eigenvalue weighted by Gasteiger charge is 2.33. The van der Waals surface area contributed by atoms with Crippen molar-refractivity contribution in [2.45, 2.75) is 31.9 Å². The largest absolute Gasteiger partial charge is 0.417 e. The van der Waals surface area contributed by atoms with Crippen LogP contribution in [0.1, 0.15) is 31.2 Å². The van der Waals surface area contributed by atoms with Gasteiger partial charge in [-0.15, -0.1) is 0 Å². The molecule has 104 valence electrons. The Morgan fingerprint density at radius 3 is 2.47 bits per heavy atom. The Bertz CT molecular complexity index is 481. The third-order valence-corrected chi connectivity index (χ3v) is 3.96. The molecule has 0 bridgehead atoms. The highest BCUT2D eigenvalue weighted by molar-refractivity contribution is 9.10. The van der Waals surface area contributed by atoms with Gasteiger partial charge in [0.25, 0.3) is 0 Å². The third-order valence-electron chi connectivity index (χ3n) is 3.27. The smallest absolute Gasteiger partial charge is 0.326 e. The number of rotatable bonds is 2. The van der Waals surface area contributed by atoms with E-state index in [9.17, 15) is 18.0 Å². The molecule has 6 heteroatoms. The Morgan fingerprint density at radius 2 is 1.89 bits per heavy atom. The molecule has 1 aromatic carbocycles. The second kappa shape index (κ2) is 5.53. The SMILES string of the molecule is O=C(Nc1ccc(Br)c(C(F)(F)F)c1)C1CCCC1. The van der Waals surface area contributed by atoms with Gasteiger partial charge in [-0.25, -0.2) is 0 Å². The van der Waals surface area contributed by atoms with E-state index in [-0.39, 0.29) is 22.0 Å². The van der Waals surface area contributed by atoms with Crippen molar-refractivity contribution in [2.75, 3.05) is 5.32 Å². The van der Waals surface area contributed by atoms with E-state index in [1.54, 1.807) is 0 Å². The average molecular weight is 336 g/mol. The summed E-state index contributed by atoms with van der Waals surface area (Å²) in [5, 5.41) is 2.56. The monoisotopic (exact) mass is 335 g/mol. The number of nitrogens with one attached hydrogen (secondary N) is 1. The first-order valence-corrected chi connectivity index (χ1v) is 6.85. The lowest BCUT2D eigenvalue weighted by atomic mass is 10.1. The second-order valence-electron chi connectivity index (χ2n) is 4.66. The van der Waals surface area contributed by atoms with Crippen molar-refractivity contribution in [1.29, 1.82) is 0 Å². The molecule has 1 aromatic rings. The summed E-state index contributed by atoms with van der Waals surface area (Å²) >= 11 is 2.87. The minimum atomic E-state index is -4.44. The minimum absolute atomic E-state index is 0.0288. The van der Waals surface area contributed by atoms with E-state index in [0.717, 1.165) is 31.7 Å². The van der Waals surface area contributed by atoms with E-state index in [1.807, 2.05) is 0 Å². The van der Waals surface area contributed by atoms with Crippen LogP contribution in [0.25, 0.3) is 0 Å². The van der Waals surface area contributed by atoms with Crippen LogP contribution < -0.4 is 5.32 Å². The lowest BCUT2D eigenvalue weighted by Crippen LogP contribution is -2.20. The molecule has 1 N–H and O–H groups in total. The van der Waals surface area contributed by atoms with Gasteiger partial charge in [0.2, 0.25) is 5.91 Å². The molecule has 1 amide bonds. The molecule has 0 unspecified atom stereocenters. The van der Waals surface area contributed by atoms with Crippen LogP contribution in [0.2, 0.25) is 0 Å². The van der Waals surface area contributed by atoms with Crippen LogP contribution >= 0.6 is 15.9 Å². The normalized spacial score (nSPS) is 16.6. The molecule has 1 aliphatic rings. The fraction of sp³-hybridized carbons (Fsp3) is 0.462. The molecule has 0 aromatic heterocycles. The van der Waals surface area contributed by atoms with Crippen LogP contribution in [0.4, 0.5) is 18.9 Å². The molecule has 0 atom stereocenters. The Kier molecular flexibility index (Phi) is 4.18. The maximum atomic E-state index is 12.7. The lowest BCUT2D eigenvalue weighted by Gasteiger charge is -2.14. The zero-order valence-electron chi connectivity index (χ0n) is 10.1. The van der Waals surface area contributed by atoms with Gasteiger partial charge in [0.15, 0.2) is 0 Å². The quantitative estimate of drug-likeness (QED) is 0.840. The fourth-order valence-corrected chi connectivity index (χ4v) is 2.72. The summed E-state index contributed by atoms with van der Waals surface area (Å²) in [5.41, 5.74) is -0.593. The van der Waals surface area contributed by atoms with Gasteiger partial charge in [0, 0.05) is 16.1 Å². The molecule has 1 fully saturated rings. The van der Waals surface area contributed by atoms with Gasteiger partial charge >= 0.3 is 6.18 Å². The zero-order valence-corrected chi connectivity index (χ0v) is 11.6. The summed E-state index contributed by atoms with van der Waals surface area (Å²) in [4.78, 5) is 11.9. The van der Waals surface area contributed by atoms with Crippen LogP contribution in [0.3, 0.4) is 0 Å². The second-order valence-corrected chi connectivity index (χ2v) is 5.52. The van der Waals surface area contributed by atoms with E-state index in [2.05, 4.69) is 21.2 Å². The standard InChI is InChI=1S/C13H13BrF3NO/c14-11-6-5-9(7-10(11)13(15,16)17)18-12(19)8-3-1-2-4-8/h5-8H,1-4H2,(H,18,19). The average Bonchev–Trinajstić information content (AvgIpc) is 2.83. The van der Waals surface area contributed by atoms with Crippen molar-refractivity contribution in [3.05, 3.63) is 28.2 Å². The first kappa shape index (κ1) is 14.4. The van der Waals surface area contributed by atoms with Crippen molar-refractivity contribution in [3.63, 3.8) is 0 Å². The number of amides is 1. The van der Waals surface area contributed by atoms with E-state index >= 15 is 0 Å². The van der Waals surface area contributed by atoms with Gasteiger partial charge in [0.1, 0.15) is 0 Å². The van der Waals surface area contributed by atoms with E-state index in [1.165, 1.54) is 12.1 Å². The number of benzene rings is 1. The van der Waals surface area contributed by atoms with Gasteiger partial charge in [0.05, 0.1) is 5.56 Å². The molecule has 0 spiro atoms. The summed E-state index contributed by atoms with van der Waals surface area (Å²) in [6, 6.07) is 3.72. The highest BCUT2D eigenvalue weighted by Crippen LogP contribution is 2.36. The van der Waals surface area contributed by atoms with Crippen molar-refractivity contribution >= 4 is 27.5 Å². The van der Waals surface area contributed by atoms with E-state index < -0.39 is 11.7 Å². The number of alkyl halides is 3. The summed E-state index contributed by atoms with van der Waals surface area (Å²) in [5.74, 6) is -0.258. The number of hydrogen-bond donors (Lipinski definition) is 1. The van der Waals surface area contributed by atoms with Crippen LogP contribution in [-0.2, 0) is 11.0 Å². The zero-order chi connectivity index (χ0) is 14.0. The van der Waals surface area contributed by atoms with Gasteiger partial charge in [-0.05, 0) is 31.0 Å². The van der Waals surface area contributed by atoms with Gasteiger partial charge in [-0.3, -0.25) is 4.79 Å². The van der Waals surface area contributed by atoms with E-state index in [0.29, 0.717) is 0 Å². The molecule has 0 heterocycles. The van der Waals surface area contributed by atoms with Crippen molar-refractivity contribution < 1.29 is 18.0 Å². The van der Waals surface area contributed by atoms with Crippen LogP contribution in [0.5, 0.6) is 0 Å². The number of hydrogen-bond acceptors (Lipinski definition) is 1. The lowest BCUT2D eigenvalue weighted by molar-refractivity contribution is -0.138. The van der Waals surface area contributed by atoms with Gasteiger partial charge < -0.3 is 5.32 Å². The number of carbonyl (C=O) groups excluding carboxylic acids is 1. The Labute approximate surface area is 117 Å². The Hall–Kier alpha value is -1.04. The molecule has 0 aliphatic heterocycles. The van der Waals surface area contributed by atoms with Crippen molar-refractivity contribution in [1.82, 2.24) is 0 Å². The topological polar surface area (TPSA) is 29.1 Å². The molecule has 2 nitrogen and oxygen atoms in total. The molecular weight excluding hydrogens is 323 g/mol. The molecule has 1 saturated carbocycles. The first-order valence-electron chi connectivity index (χ1n) is 6.05. The number of halogens is 4. The highest BCUT2D eigenvalue weighted by atomic mass is 79.9. The van der Waals surface area contributed by atoms with Crippen molar-refractivity contribution in [3.8, 4) is 0 Å². The predicted molar refractivity (Wildman–Crippen MR) is 69.7 cm³/mol. The minimum Gasteiger partial charge on any atom is -0.326 e. The summed E-state index contributed by atoms with van der Waals surface area (Å²) in [6.45, 7) is 0. The number of anilines is 1. The molecular formula is C13H13BrF3NO. The van der Waals surface area contributed by atoms with Gasteiger partial charge in [-0.1, -0.05) is 28.8 Å². The van der Waals surface area contributed by atoms with Crippen LogP contribution in [0, 0.1) is 5.92 Å². The van der Waals surface area contributed by atoms with Crippen LogP contribution in [0.15, 0.2) is 22.7 Å². The Balaban J connectivity index is 2.15. The summed E-state index contributed by atoms with van der Waals surface area (Å²) in [6.07, 6.45) is -0.797. The van der Waals surface area contributed by atoms with Crippen LogP contribution in [-0.4, -0.2) is 5.91 Å². The third kappa shape index (κ3) is 3.49. The van der Waals surface area contributed by atoms with Crippen molar-refractivity contribution in [2.24, 2.45) is 5.92 Å². The van der Waals surface area contributed by atoms with Gasteiger partial charge in [-0.2, -0.15) is 13.2 Å².